The molecule has 6 nitrogen and oxygen atoms in total. The highest BCUT2D eigenvalue weighted by molar-refractivity contribution is 7.98. The first-order valence-electron chi connectivity index (χ1n) is 13.3. The van der Waals surface area contributed by atoms with Gasteiger partial charge in [-0.2, -0.15) is 0 Å². The molecule has 1 saturated heterocycles. The Hall–Kier alpha value is -2.32. The maximum absolute atomic E-state index is 13.5. The minimum absolute atomic E-state index is 0.00467. The summed E-state index contributed by atoms with van der Waals surface area (Å²) in [5.74, 6) is 1.62. The van der Waals surface area contributed by atoms with Gasteiger partial charge in [0, 0.05) is 24.0 Å². The summed E-state index contributed by atoms with van der Waals surface area (Å²) in [6.45, 7) is 12.0. The number of furan rings is 1. The molecular weight excluding hydrogens is 502 g/mol. The molecule has 0 aromatic carbocycles. The van der Waals surface area contributed by atoms with Gasteiger partial charge in [-0.1, -0.05) is 38.6 Å². The first kappa shape index (κ1) is 25.0. The summed E-state index contributed by atoms with van der Waals surface area (Å²) in [7, 11) is 0. The SMILES string of the molecule is C=CCn1c(SCc2ccc(C(=O)N3CC4(C)CC3CC(C)(C)C4)o2)nc2sc3c(c2c1=O)CCCC3. The van der Waals surface area contributed by atoms with Crippen molar-refractivity contribution in [3.63, 3.8) is 0 Å². The molecule has 0 spiro atoms. The lowest BCUT2D eigenvalue weighted by atomic mass is 9.65. The van der Waals surface area contributed by atoms with Crippen LogP contribution in [0.3, 0.4) is 0 Å². The van der Waals surface area contributed by atoms with Crippen LogP contribution >= 0.6 is 23.1 Å². The molecule has 8 heteroatoms. The van der Waals surface area contributed by atoms with Gasteiger partial charge >= 0.3 is 0 Å². The lowest BCUT2D eigenvalue weighted by Crippen LogP contribution is -2.37. The smallest absolute Gasteiger partial charge is 0.289 e. The highest BCUT2D eigenvalue weighted by atomic mass is 32.2. The fraction of sp³-hybridized carbons (Fsp3) is 0.552. The second kappa shape index (κ2) is 9.16. The van der Waals surface area contributed by atoms with Gasteiger partial charge in [-0.3, -0.25) is 14.2 Å². The normalized spacial score (nSPS) is 24.4. The zero-order valence-electron chi connectivity index (χ0n) is 22.0. The number of carbonyl (C=O) groups excluding carboxylic acids is 1. The molecule has 2 unspecified atom stereocenters. The average Bonchev–Trinajstić information content (AvgIpc) is 3.52. The Labute approximate surface area is 226 Å². The van der Waals surface area contributed by atoms with E-state index in [4.69, 9.17) is 9.40 Å². The van der Waals surface area contributed by atoms with Crippen molar-refractivity contribution in [2.24, 2.45) is 10.8 Å². The van der Waals surface area contributed by atoms with Crippen molar-refractivity contribution in [1.29, 1.82) is 0 Å². The second-order valence-electron chi connectivity index (χ2n) is 12.2. The molecule has 4 heterocycles. The van der Waals surface area contributed by atoms with Crippen molar-refractivity contribution < 1.29 is 9.21 Å². The number of aryl methyl sites for hydroxylation is 2. The fourth-order valence-corrected chi connectivity index (χ4v) is 9.37. The number of amides is 1. The molecule has 0 radical (unpaired) electrons. The van der Waals surface area contributed by atoms with E-state index in [1.807, 2.05) is 11.0 Å². The topological polar surface area (TPSA) is 68.3 Å². The molecule has 0 N–H and O–H groups in total. The first-order chi connectivity index (χ1) is 17.7. The third-order valence-electron chi connectivity index (χ3n) is 8.24. The standard InChI is InChI=1S/C29H35N3O3S2/c1-5-12-31-26(34)23-20-8-6-7-9-22(20)37-24(23)30-27(31)36-15-19-10-11-21(35-19)25(33)32-17-29(4)14-18(32)13-28(2,3)16-29/h5,10-11,18H,1,6-9,12-17H2,2-4H3. The Balaban J connectivity index is 1.22. The van der Waals surface area contributed by atoms with Crippen LogP contribution in [-0.2, 0) is 25.1 Å². The maximum atomic E-state index is 13.5. The number of fused-ring (bicyclic) bond motifs is 5. The van der Waals surface area contributed by atoms with E-state index in [2.05, 4.69) is 27.4 Å². The van der Waals surface area contributed by atoms with Crippen LogP contribution in [0, 0.1) is 10.8 Å². The van der Waals surface area contributed by atoms with E-state index >= 15 is 0 Å². The molecule has 1 amide bonds. The summed E-state index contributed by atoms with van der Waals surface area (Å²) in [6.07, 6.45) is 9.32. The third kappa shape index (κ3) is 4.50. The highest BCUT2D eigenvalue weighted by Crippen LogP contribution is 2.52. The molecule has 3 aliphatic rings. The average molecular weight is 538 g/mol. The van der Waals surface area contributed by atoms with Gasteiger partial charge in [-0.25, -0.2) is 4.98 Å². The van der Waals surface area contributed by atoms with Crippen LogP contribution in [0.5, 0.6) is 0 Å². The summed E-state index contributed by atoms with van der Waals surface area (Å²) >= 11 is 3.15. The Kier molecular flexibility index (Phi) is 6.18. The highest BCUT2D eigenvalue weighted by Gasteiger charge is 2.51. The quantitative estimate of drug-likeness (QED) is 0.205. The molecule has 37 heavy (non-hydrogen) atoms. The third-order valence-corrected chi connectivity index (χ3v) is 10.4. The van der Waals surface area contributed by atoms with Gasteiger partial charge < -0.3 is 9.32 Å². The number of hydrogen-bond donors (Lipinski definition) is 0. The number of nitrogens with zero attached hydrogens (tertiary/aromatic N) is 3. The Morgan fingerprint density at radius 2 is 2.08 bits per heavy atom. The molecule has 2 atom stereocenters. The van der Waals surface area contributed by atoms with E-state index in [1.165, 1.54) is 28.6 Å². The molecule has 3 aromatic heterocycles. The molecule has 2 bridgehead atoms. The number of carbonyl (C=O) groups is 1. The van der Waals surface area contributed by atoms with Gasteiger partial charge in [0.1, 0.15) is 10.6 Å². The van der Waals surface area contributed by atoms with Gasteiger partial charge in [-0.05, 0) is 73.5 Å². The minimum Gasteiger partial charge on any atom is -0.455 e. The number of allylic oxidation sites excluding steroid dienone is 1. The molecule has 1 saturated carbocycles. The van der Waals surface area contributed by atoms with Crippen molar-refractivity contribution >= 4 is 39.2 Å². The van der Waals surface area contributed by atoms with Crippen LogP contribution in [0.2, 0.25) is 0 Å². The van der Waals surface area contributed by atoms with Gasteiger partial charge in [-0.15, -0.1) is 17.9 Å². The summed E-state index contributed by atoms with van der Waals surface area (Å²) in [5.41, 5.74) is 1.68. The van der Waals surface area contributed by atoms with Crippen molar-refractivity contribution in [2.45, 2.75) is 89.2 Å². The van der Waals surface area contributed by atoms with Crippen molar-refractivity contribution in [2.75, 3.05) is 6.54 Å². The Morgan fingerprint density at radius 1 is 1.27 bits per heavy atom. The first-order valence-corrected chi connectivity index (χ1v) is 15.2. The molecule has 6 rings (SSSR count). The number of thioether (sulfide) groups is 1. The summed E-state index contributed by atoms with van der Waals surface area (Å²) in [5, 5.41) is 1.47. The minimum atomic E-state index is -0.00467. The van der Waals surface area contributed by atoms with Crippen LogP contribution < -0.4 is 5.56 Å². The van der Waals surface area contributed by atoms with Crippen molar-refractivity contribution in [3.05, 3.63) is 57.1 Å². The van der Waals surface area contributed by atoms with E-state index < -0.39 is 0 Å². The van der Waals surface area contributed by atoms with Crippen LogP contribution in [0.4, 0.5) is 0 Å². The van der Waals surface area contributed by atoms with E-state index in [0.29, 0.717) is 29.0 Å². The molecule has 2 fully saturated rings. The van der Waals surface area contributed by atoms with Gasteiger partial charge in [0.25, 0.3) is 11.5 Å². The Bertz CT molecular complexity index is 1450. The van der Waals surface area contributed by atoms with Crippen LogP contribution in [0.25, 0.3) is 10.2 Å². The van der Waals surface area contributed by atoms with E-state index in [0.717, 1.165) is 55.3 Å². The largest absolute Gasteiger partial charge is 0.455 e. The number of hydrogen-bond acceptors (Lipinski definition) is 6. The lowest BCUT2D eigenvalue weighted by Gasteiger charge is -2.39. The fourth-order valence-electron chi connectivity index (χ4n) is 7.17. The van der Waals surface area contributed by atoms with Gasteiger partial charge in [0.2, 0.25) is 0 Å². The lowest BCUT2D eigenvalue weighted by molar-refractivity contribution is 0.0675. The molecule has 2 aliphatic carbocycles. The number of thiophene rings is 1. The van der Waals surface area contributed by atoms with E-state index in [-0.39, 0.29) is 28.3 Å². The van der Waals surface area contributed by atoms with Crippen molar-refractivity contribution in [3.8, 4) is 0 Å². The monoisotopic (exact) mass is 537 g/mol. The predicted octanol–water partition coefficient (Wildman–Crippen LogP) is 6.45. The zero-order chi connectivity index (χ0) is 25.9. The molecular formula is C29H35N3O3S2. The van der Waals surface area contributed by atoms with Crippen molar-refractivity contribution in [1.82, 2.24) is 14.5 Å². The van der Waals surface area contributed by atoms with Gasteiger partial charge in [0.15, 0.2) is 10.9 Å². The molecule has 1 aliphatic heterocycles. The summed E-state index contributed by atoms with van der Waals surface area (Å²) in [6, 6.07) is 3.96. The number of rotatable bonds is 6. The second-order valence-corrected chi connectivity index (χ2v) is 14.2. The number of aromatic nitrogens is 2. The Morgan fingerprint density at radius 3 is 2.89 bits per heavy atom. The van der Waals surface area contributed by atoms with Crippen LogP contribution in [-0.4, -0.2) is 32.9 Å². The molecule has 196 valence electrons. The van der Waals surface area contributed by atoms with E-state index in [1.54, 1.807) is 28.0 Å². The predicted molar refractivity (Wildman–Crippen MR) is 150 cm³/mol. The zero-order valence-corrected chi connectivity index (χ0v) is 23.6. The van der Waals surface area contributed by atoms with Gasteiger partial charge in [0.05, 0.1) is 11.1 Å². The maximum Gasteiger partial charge on any atom is 0.289 e. The molecule has 3 aromatic rings. The van der Waals surface area contributed by atoms with E-state index in [9.17, 15) is 9.59 Å². The summed E-state index contributed by atoms with van der Waals surface area (Å²) in [4.78, 5) is 36.0. The van der Waals surface area contributed by atoms with Crippen LogP contribution in [0.1, 0.15) is 79.6 Å². The van der Waals surface area contributed by atoms with Crippen LogP contribution in [0.15, 0.2) is 39.2 Å². The summed E-state index contributed by atoms with van der Waals surface area (Å²) < 4.78 is 7.78. The number of likely N-dealkylation sites (tertiary alicyclic amines) is 1.